The Kier molecular flexibility index (Phi) is 6.92. The third-order valence-electron chi connectivity index (χ3n) is 9.88. The first kappa shape index (κ1) is 28.3. The third kappa shape index (κ3) is 4.71. The summed E-state index contributed by atoms with van der Waals surface area (Å²) < 4.78 is 2.54. The van der Waals surface area contributed by atoms with Crippen LogP contribution in [0.1, 0.15) is 23.5 Å². The Balaban J connectivity index is 1.38. The monoisotopic (exact) mass is 617 g/mol. The van der Waals surface area contributed by atoms with Gasteiger partial charge in [-0.2, -0.15) is 0 Å². The van der Waals surface area contributed by atoms with E-state index in [1.807, 2.05) is 0 Å². The Morgan fingerprint density at radius 2 is 1.06 bits per heavy atom. The van der Waals surface area contributed by atoms with Crippen LogP contribution in [0.5, 0.6) is 0 Å². The first-order chi connectivity index (χ1) is 23.7. The van der Waals surface area contributed by atoms with E-state index in [1.54, 1.807) is 0 Å². The fraction of sp³-hybridized carbons (Fsp3) is 0.0667. The minimum absolute atomic E-state index is 0.0322. The average molecular weight is 618 g/mol. The van der Waals surface area contributed by atoms with Crippen LogP contribution in [0.4, 0.5) is 0 Å². The molecule has 0 amide bonds. The second-order valence-corrected chi connectivity index (χ2v) is 12.7. The summed E-state index contributed by atoms with van der Waals surface area (Å²) in [7, 11) is 2.19. The molecule has 0 radical (unpaired) electrons. The molecule has 3 nitrogen and oxygen atoms in total. The van der Waals surface area contributed by atoms with Crippen LogP contribution in [-0.4, -0.2) is 16.5 Å². The Morgan fingerprint density at radius 3 is 1.75 bits per heavy atom. The molecule has 7 aromatic carbocycles. The van der Waals surface area contributed by atoms with Crippen molar-refractivity contribution in [1.29, 1.82) is 0 Å². The topological polar surface area (TPSA) is 20.2 Å². The number of rotatable bonds is 5. The predicted octanol–water partition coefficient (Wildman–Crippen LogP) is 11.1. The lowest BCUT2D eigenvalue weighted by molar-refractivity contribution is 0.240. The molecule has 0 spiro atoms. The Bertz CT molecular complexity index is 2430. The molecule has 0 bridgehead atoms. The summed E-state index contributed by atoms with van der Waals surface area (Å²) in [5.41, 5.74) is 10.9. The van der Waals surface area contributed by atoms with Crippen molar-refractivity contribution < 1.29 is 0 Å². The molecule has 1 aliphatic heterocycles. The maximum atomic E-state index is 4.08. The molecule has 0 aliphatic carbocycles. The van der Waals surface area contributed by atoms with Gasteiger partial charge < -0.3 is 9.47 Å². The molecule has 0 fully saturated rings. The molecule has 0 saturated heterocycles. The third-order valence-corrected chi connectivity index (χ3v) is 9.88. The van der Waals surface area contributed by atoms with Crippen LogP contribution in [0.25, 0.3) is 60.5 Å². The van der Waals surface area contributed by atoms with Crippen LogP contribution in [0.3, 0.4) is 0 Å². The average Bonchev–Trinajstić information content (AvgIpc) is 3.50. The van der Waals surface area contributed by atoms with Gasteiger partial charge >= 0.3 is 0 Å². The van der Waals surface area contributed by atoms with Crippen molar-refractivity contribution in [2.45, 2.75) is 12.3 Å². The molecule has 230 valence electrons. The van der Waals surface area contributed by atoms with Gasteiger partial charge in [-0.3, -0.25) is 5.32 Å². The van der Waals surface area contributed by atoms with Crippen molar-refractivity contribution in [2.75, 3.05) is 7.05 Å². The van der Waals surface area contributed by atoms with Crippen LogP contribution in [0, 0.1) is 0 Å². The van der Waals surface area contributed by atoms with Crippen LogP contribution < -0.4 is 5.32 Å². The number of nitrogens with one attached hydrogen (secondary N) is 1. The standard InChI is InChI=1S/C45H35N3/c1-47-40(33-20-10-4-11-21-33)30-43(46-45(47)34-22-12-5-13-23-34)48-41-28-35(31-16-6-2-7-17-31)26-27-38(41)44-37-25-15-14-24-36(37)39(29-42(44)48)32-18-8-3-9-19-32/h2-30,43,45-46H,1H3. The lowest BCUT2D eigenvalue weighted by atomic mass is 9.94. The Morgan fingerprint density at radius 1 is 0.479 bits per heavy atom. The molecule has 2 atom stereocenters. The summed E-state index contributed by atoms with van der Waals surface area (Å²) in [4.78, 5) is 2.37. The van der Waals surface area contributed by atoms with E-state index in [0.717, 1.165) is 0 Å². The molecule has 1 aliphatic rings. The van der Waals surface area contributed by atoms with E-state index in [2.05, 4.69) is 198 Å². The van der Waals surface area contributed by atoms with Gasteiger partial charge in [-0.05, 0) is 62.4 Å². The molecule has 2 heterocycles. The van der Waals surface area contributed by atoms with Gasteiger partial charge in [0.25, 0.3) is 0 Å². The van der Waals surface area contributed by atoms with Crippen molar-refractivity contribution in [3.8, 4) is 22.3 Å². The summed E-state index contributed by atoms with van der Waals surface area (Å²) in [6, 6.07) is 61.4. The van der Waals surface area contributed by atoms with Crippen LogP contribution in [0.15, 0.2) is 176 Å². The number of hydrogen-bond donors (Lipinski definition) is 1. The Labute approximate surface area is 281 Å². The lowest BCUT2D eigenvalue weighted by Gasteiger charge is -2.41. The summed E-state index contributed by atoms with van der Waals surface area (Å²) in [5, 5.41) is 9.16. The van der Waals surface area contributed by atoms with E-state index in [-0.39, 0.29) is 12.3 Å². The van der Waals surface area contributed by atoms with Gasteiger partial charge in [0.15, 0.2) is 0 Å². The number of benzene rings is 7. The molecule has 1 aromatic heterocycles. The molecule has 8 aromatic rings. The van der Waals surface area contributed by atoms with E-state index in [0.29, 0.717) is 0 Å². The van der Waals surface area contributed by atoms with E-state index >= 15 is 0 Å². The highest BCUT2D eigenvalue weighted by Gasteiger charge is 2.31. The zero-order valence-corrected chi connectivity index (χ0v) is 26.8. The highest BCUT2D eigenvalue weighted by Crippen LogP contribution is 2.44. The summed E-state index contributed by atoms with van der Waals surface area (Å²) in [6.45, 7) is 0. The second kappa shape index (κ2) is 11.7. The number of fused-ring (bicyclic) bond motifs is 5. The zero-order chi connectivity index (χ0) is 32.0. The van der Waals surface area contributed by atoms with Crippen molar-refractivity contribution in [3.63, 3.8) is 0 Å². The summed E-state index contributed by atoms with van der Waals surface area (Å²) in [5.74, 6) is 0. The minimum atomic E-state index is -0.127. The van der Waals surface area contributed by atoms with E-state index < -0.39 is 0 Å². The SMILES string of the molecule is CN1C(c2ccccc2)=CC(n2c3cc(-c4ccccc4)ccc3c3c4ccccc4c(-c4ccccc4)cc32)NC1c1ccccc1. The molecule has 3 heteroatoms. The van der Waals surface area contributed by atoms with Crippen molar-refractivity contribution in [3.05, 3.63) is 187 Å². The summed E-state index contributed by atoms with van der Waals surface area (Å²) >= 11 is 0. The van der Waals surface area contributed by atoms with Gasteiger partial charge in [0, 0.05) is 23.5 Å². The normalized spacial score (nSPS) is 16.4. The smallest absolute Gasteiger partial charge is 0.108 e. The number of nitrogens with zero attached hydrogens (tertiary/aromatic N) is 2. The molecule has 48 heavy (non-hydrogen) atoms. The van der Waals surface area contributed by atoms with Gasteiger partial charge in [0.05, 0.1) is 11.0 Å². The van der Waals surface area contributed by atoms with E-state index in [4.69, 9.17) is 0 Å². The van der Waals surface area contributed by atoms with Gasteiger partial charge in [0.2, 0.25) is 0 Å². The largest absolute Gasteiger partial charge is 0.355 e. The van der Waals surface area contributed by atoms with Gasteiger partial charge in [-0.15, -0.1) is 0 Å². The minimum Gasteiger partial charge on any atom is -0.355 e. The first-order valence-corrected chi connectivity index (χ1v) is 16.7. The molecule has 0 saturated carbocycles. The Hall–Kier alpha value is -5.90. The van der Waals surface area contributed by atoms with E-state index in [9.17, 15) is 0 Å². The number of hydrogen-bond acceptors (Lipinski definition) is 2. The fourth-order valence-corrected chi connectivity index (χ4v) is 7.61. The zero-order valence-electron chi connectivity index (χ0n) is 26.8. The maximum absolute atomic E-state index is 4.08. The van der Waals surface area contributed by atoms with Gasteiger partial charge in [0.1, 0.15) is 12.3 Å². The molecular weight excluding hydrogens is 583 g/mol. The summed E-state index contributed by atoms with van der Waals surface area (Å²) in [6.07, 6.45) is 2.24. The molecule has 9 rings (SSSR count). The van der Waals surface area contributed by atoms with Crippen LogP contribution in [-0.2, 0) is 0 Å². The fourth-order valence-electron chi connectivity index (χ4n) is 7.61. The second-order valence-electron chi connectivity index (χ2n) is 12.7. The van der Waals surface area contributed by atoms with Crippen molar-refractivity contribution in [2.24, 2.45) is 0 Å². The van der Waals surface area contributed by atoms with Crippen LogP contribution in [0.2, 0.25) is 0 Å². The van der Waals surface area contributed by atoms with Crippen molar-refractivity contribution in [1.82, 2.24) is 14.8 Å². The molecule has 2 unspecified atom stereocenters. The maximum Gasteiger partial charge on any atom is 0.108 e. The number of aromatic nitrogens is 1. The molecule has 1 N–H and O–H groups in total. The van der Waals surface area contributed by atoms with Gasteiger partial charge in [-0.25, -0.2) is 0 Å². The van der Waals surface area contributed by atoms with Crippen molar-refractivity contribution >= 4 is 38.3 Å². The quantitative estimate of drug-likeness (QED) is 0.207. The lowest BCUT2D eigenvalue weighted by Crippen LogP contribution is -2.42. The highest BCUT2D eigenvalue weighted by molar-refractivity contribution is 6.24. The van der Waals surface area contributed by atoms with E-state index in [1.165, 1.54) is 71.7 Å². The molecular formula is C45H35N3. The van der Waals surface area contributed by atoms with Crippen LogP contribution >= 0.6 is 0 Å². The first-order valence-electron chi connectivity index (χ1n) is 16.7. The predicted molar refractivity (Wildman–Crippen MR) is 201 cm³/mol. The van der Waals surface area contributed by atoms with Gasteiger partial charge in [-0.1, -0.05) is 158 Å². The highest BCUT2D eigenvalue weighted by atomic mass is 15.3.